The summed E-state index contributed by atoms with van der Waals surface area (Å²) in [5.74, 6) is 0.0312. The Morgan fingerprint density at radius 1 is 1.11 bits per heavy atom. The van der Waals surface area contributed by atoms with Crippen LogP contribution in [0.1, 0.15) is 34.1 Å². The van der Waals surface area contributed by atoms with E-state index in [2.05, 4.69) is 16.3 Å². The number of hydrogen-bond donors (Lipinski definition) is 1. The molecule has 1 amide bonds. The quantitative estimate of drug-likeness (QED) is 0.869. The fourth-order valence-corrected chi connectivity index (χ4v) is 3.85. The van der Waals surface area contributed by atoms with Crippen molar-refractivity contribution in [3.63, 3.8) is 0 Å². The highest BCUT2D eigenvalue weighted by molar-refractivity contribution is 6.01. The van der Waals surface area contributed by atoms with E-state index in [1.165, 1.54) is 0 Å². The van der Waals surface area contributed by atoms with Crippen molar-refractivity contribution in [1.29, 1.82) is 5.26 Å². The summed E-state index contributed by atoms with van der Waals surface area (Å²) in [6.07, 6.45) is 0.615. The zero-order valence-electron chi connectivity index (χ0n) is 15.8. The van der Waals surface area contributed by atoms with Crippen LogP contribution in [0, 0.1) is 11.3 Å². The molecule has 1 atom stereocenters. The average molecular weight is 376 g/mol. The molecular formula is C22H24N4O2. The first kappa shape index (κ1) is 18.5. The first-order valence-electron chi connectivity index (χ1n) is 9.73. The second-order valence-electron chi connectivity index (χ2n) is 7.14. The second-order valence-corrected chi connectivity index (χ2v) is 7.14. The topological polar surface area (TPSA) is 68.6 Å². The van der Waals surface area contributed by atoms with Gasteiger partial charge in [0.25, 0.3) is 5.91 Å². The molecule has 0 aliphatic carbocycles. The minimum absolute atomic E-state index is 0.0312. The second kappa shape index (κ2) is 8.42. The van der Waals surface area contributed by atoms with E-state index >= 15 is 0 Å². The van der Waals surface area contributed by atoms with Gasteiger partial charge in [-0.25, -0.2) is 0 Å². The lowest BCUT2D eigenvalue weighted by molar-refractivity contribution is 0.0348. The van der Waals surface area contributed by atoms with Crippen LogP contribution < -0.4 is 5.32 Å². The van der Waals surface area contributed by atoms with Crippen LogP contribution in [0.25, 0.3) is 0 Å². The van der Waals surface area contributed by atoms with Crippen molar-refractivity contribution in [2.24, 2.45) is 0 Å². The van der Waals surface area contributed by atoms with Crippen LogP contribution in [0.15, 0.2) is 48.5 Å². The highest BCUT2D eigenvalue weighted by Gasteiger charge is 2.32. The van der Waals surface area contributed by atoms with Gasteiger partial charge in [-0.05, 0) is 36.2 Å². The summed E-state index contributed by atoms with van der Waals surface area (Å²) < 4.78 is 5.41. The molecule has 2 aromatic carbocycles. The molecule has 144 valence electrons. The van der Waals surface area contributed by atoms with Crippen LogP contribution in [-0.4, -0.2) is 55.1 Å². The monoisotopic (exact) mass is 376 g/mol. The van der Waals surface area contributed by atoms with Gasteiger partial charge in [-0.3, -0.25) is 9.69 Å². The maximum absolute atomic E-state index is 13.2. The van der Waals surface area contributed by atoms with Crippen LogP contribution in [0.3, 0.4) is 0 Å². The third kappa shape index (κ3) is 3.86. The molecule has 28 heavy (non-hydrogen) atoms. The number of morpholine rings is 1. The number of nitriles is 1. The predicted octanol–water partition coefficient (Wildman–Crippen LogP) is 2.85. The van der Waals surface area contributed by atoms with E-state index < -0.39 is 0 Å². The van der Waals surface area contributed by atoms with Crippen LogP contribution in [0.5, 0.6) is 0 Å². The van der Waals surface area contributed by atoms with Crippen LogP contribution in [0.4, 0.5) is 5.69 Å². The molecular weight excluding hydrogens is 352 g/mol. The molecule has 1 N–H and O–H groups in total. The Labute approximate surface area is 165 Å². The van der Waals surface area contributed by atoms with Crippen molar-refractivity contribution in [3.8, 4) is 6.07 Å². The van der Waals surface area contributed by atoms with E-state index in [9.17, 15) is 10.1 Å². The number of ether oxygens (including phenoxy) is 1. The molecule has 0 radical (unpaired) electrons. The van der Waals surface area contributed by atoms with E-state index in [1.54, 1.807) is 6.07 Å². The van der Waals surface area contributed by atoms with Crippen molar-refractivity contribution in [2.45, 2.75) is 12.6 Å². The van der Waals surface area contributed by atoms with Gasteiger partial charge in [0.05, 0.1) is 30.4 Å². The van der Waals surface area contributed by atoms with Gasteiger partial charge in [-0.15, -0.1) is 0 Å². The summed E-state index contributed by atoms with van der Waals surface area (Å²) in [5.41, 5.74) is 3.05. The molecule has 0 saturated carbocycles. The molecule has 4 rings (SSSR count). The number of carbonyl (C=O) groups excluding carboxylic acids is 1. The smallest absolute Gasteiger partial charge is 0.257 e. The molecule has 2 aliphatic heterocycles. The van der Waals surface area contributed by atoms with Gasteiger partial charge in [0.15, 0.2) is 0 Å². The predicted molar refractivity (Wildman–Crippen MR) is 107 cm³/mol. The molecule has 1 saturated heterocycles. The van der Waals surface area contributed by atoms with Gasteiger partial charge >= 0.3 is 0 Å². The number of benzene rings is 2. The lowest BCUT2D eigenvalue weighted by Gasteiger charge is -2.38. The highest BCUT2D eigenvalue weighted by Crippen LogP contribution is 2.33. The molecule has 1 fully saturated rings. The van der Waals surface area contributed by atoms with Gasteiger partial charge in [-0.1, -0.05) is 24.3 Å². The van der Waals surface area contributed by atoms with E-state index in [4.69, 9.17) is 4.74 Å². The Hall–Kier alpha value is -2.88. The van der Waals surface area contributed by atoms with Gasteiger partial charge in [0.1, 0.15) is 6.17 Å². The molecule has 6 nitrogen and oxygen atoms in total. The number of nitrogens with one attached hydrogen (secondary N) is 1. The molecule has 2 aromatic rings. The number of hydrogen-bond acceptors (Lipinski definition) is 5. The Morgan fingerprint density at radius 3 is 2.75 bits per heavy atom. The minimum atomic E-state index is -0.277. The van der Waals surface area contributed by atoms with Crippen LogP contribution in [-0.2, 0) is 4.74 Å². The molecule has 6 heteroatoms. The van der Waals surface area contributed by atoms with Crippen molar-refractivity contribution >= 4 is 11.6 Å². The standard InChI is InChI=1S/C22H24N4O2/c23-16-17-5-3-6-18(15-17)21-24-20-8-2-1-7-19(20)22(27)26(21)10-4-9-25-11-13-28-14-12-25/h1-3,5-8,15,21,24H,4,9-14H2/t21-/m0/s1. The van der Waals surface area contributed by atoms with Crippen molar-refractivity contribution in [1.82, 2.24) is 9.80 Å². The van der Waals surface area contributed by atoms with Crippen molar-refractivity contribution in [3.05, 3.63) is 65.2 Å². The third-order valence-electron chi connectivity index (χ3n) is 5.33. The Bertz CT molecular complexity index is 886. The zero-order chi connectivity index (χ0) is 19.3. The molecule has 2 aliphatic rings. The minimum Gasteiger partial charge on any atom is -0.379 e. The molecule has 0 spiro atoms. The maximum atomic E-state index is 13.2. The number of anilines is 1. The third-order valence-corrected chi connectivity index (χ3v) is 5.33. The number of rotatable bonds is 5. The number of nitrogens with zero attached hydrogens (tertiary/aromatic N) is 3. The van der Waals surface area contributed by atoms with Gasteiger partial charge in [-0.2, -0.15) is 5.26 Å². The zero-order valence-corrected chi connectivity index (χ0v) is 15.8. The van der Waals surface area contributed by atoms with E-state index in [0.29, 0.717) is 17.7 Å². The van der Waals surface area contributed by atoms with Gasteiger partial charge in [0, 0.05) is 31.9 Å². The fourth-order valence-electron chi connectivity index (χ4n) is 3.85. The van der Waals surface area contributed by atoms with Crippen LogP contribution in [0.2, 0.25) is 0 Å². The number of carbonyl (C=O) groups is 1. The normalized spacial score (nSPS) is 19.6. The van der Waals surface area contributed by atoms with Crippen molar-refractivity contribution < 1.29 is 9.53 Å². The SMILES string of the molecule is N#Cc1cccc([C@H]2Nc3ccccc3C(=O)N2CCCN2CCOCC2)c1. The first-order chi connectivity index (χ1) is 13.8. The largest absolute Gasteiger partial charge is 0.379 e. The summed E-state index contributed by atoms with van der Waals surface area (Å²) in [6.45, 7) is 5.05. The summed E-state index contributed by atoms with van der Waals surface area (Å²) in [4.78, 5) is 17.5. The first-order valence-corrected chi connectivity index (χ1v) is 9.73. The molecule has 0 bridgehead atoms. The summed E-state index contributed by atoms with van der Waals surface area (Å²) >= 11 is 0. The molecule has 2 heterocycles. The molecule has 0 unspecified atom stereocenters. The van der Waals surface area contributed by atoms with Crippen molar-refractivity contribution in [2.75, 3.05) is 44.7 Å². The summed E-state index contributed by atoms with van der Waals surface area (Å²) in [5, 5.41) is 12.8. The number of para-hydroxylation sites is 1. The fraction of sp³-hybridized carbons (Fsp3) is 0.364. The highest BCUT2D eigenvalue weighted by atomic mass is 16.5. The molecule has 0 aromatic heterocycles. The van der Waals surface area contributed by atoms with E-state index in [1.807, 2.05) is 47.4 Å². The van der Waals surface area contributed by atoms with Crippen LogP contribution >= 0.6 is 0 Å². The Morgan fingerprint density at radius 2 is 1.93 bits per heavy atom. The van der Waals surface area contributed by atoms with E-state index in [0.717, 1.165) is 50.5 Å². The Balaban J connectivity index is 1.56. The maximum Gasteiger partial charge on any atom is 0.257 e. The van der Waals surface area contributed by atoms with E-state index in [-0.39, 0.29) is 12.1 Å². The number of fused-ring (bicyclic) bond motifs is 1. The summed E-state index contributed by atoms with van der Waals surface area (Å²) in [7, 11) is 0. The summed E-state index contributed by atoms with van der Waals surface area (Å²) in [6, 6.07) is 17.3. The number of amides is 1. The van der Waals surface area contributed by atoms with Gasteiger partial charge < -0.3 is 15.0 Å². The Kier molecular flexibility index (Phi) is 5.56. The lowest BCUT2D eigenvalue weighted by atomic mass is 10.0. The average Bonchev–Trinajstić information content (AvgIpc) is 2.76. The lowest BCUT2D eigenvalue weighted by Crippen LogP contribution is -2.44. The van der Waals surface area contributed by atoms with Gasteiger partial charge in [0.2, 0.25) is 0 Å².